The topological polar surface area (TPSA) is 66.4 Å². The van der Waals surface area contributed by atoms with E-state index in [2.05, 4.69) is 46.0 Å². The molecule has 4 rings (SSSR count). The van der Waals surface area contributed by atoms with E-state index in [1.807, 2.05) is 0 Å². The van der Waals surface area contributed by atoms with Gasteiger partial charge in [0.05, 0.1) is 0 Å². The fourth-order valence-electron chi connectivity index (χ4n) is 9.67. The van der Waals surface area contributed by atoms with Gasteiger partial charge in [-0.05, 0) is 111 Å². The maximum absolute atomic E-state index is 12.5. The third-order valence-corrected chi connectivity index (χ3v) is 11.7. The van der Waals surface area contributed by atoms with Gasteiger partial charge in [0.1, 0.15) is 0 Å². The van der Waals surface area contributed by atoms with Crippen LogP contribution in [0.3, 0.4) is 0 Å². The third kappa shape index (κ3) is 6.14. The lowest BCUT2D eigenvalue weighted by molar-refractivity contribution is -0.137. The van der Waals surface area contributed by atoms with Gasteiger partial charge in [-0.1, -0.05) is 65.5 Å². The molecule has 0 aromatic carbocycles. The van der Waals surface area contributed by atoms with Crippen molar-refractivity contribution >= 4 is 11.9 Å². The van der Waals surface area contributed by atoms with Crippen molar-refractivity contribution in [3.63, 3.8) is 0 Å². The first-order chi connectivity index (χ1) is 17.5. The Morgan fingerprint density at radius 1 is 0.973 bits per heavy atom. The molecule has 0 spiro atoms. The van der Waals surface area contributed by atoms with Gasteiger partial charge in [0, 0.05) is 18.9 Å². The van der Waals surface area contributed by atoms with E-state index < -0.39 is 5.97 Å². The summed E-state index contributed by atoms with van der Waals surface area (Å²) in [6.07, 6.45) is 18.9. The minimum absolute atomic E-state index is 0.0984. The summed E-state index contributed by atoms with van der Waals surface area (Å²) in [5.41, 5.74) is 2.47. The van der Waals surface area contributed by atoms with Crippen molar-refractivity contribution in [2.75, 3.05) is 0 Å². The van der Waals surface area contributed by atoms with E-state index in [4.69, 9.17) is 5.11 Å². The summed E-state index contributed by atoms with van der Waals surface area (Å²) in [6.45, 7) is 12.5. The van der Waals surface area contributed by atoms with E-state index in [1.54, 1.807) is 5.57 Å². The molecule has 0 aliphatic heterocycles. The number of rotatable bonds is 11. The molecule has 210 valence electrons. The van der Waals surface area contributed by atoms with Crippen LogP contribution in [0.25, 0.3) is 0 Å². The van der Waals surface area contributed by atoms with Crippen molar-refractivity contribution in [2.45, 2.75) is 137 Å². The van der Waals surface area contributed by atoms with Gasteiger partial charge in [0.15, 0.2) is 0 Å². The number of carbonyl (C=O) groups excluding carboxylic acids is 1. The molecule has 3 fully saturated rings. The number of nitrogens with one attached hydrogen (secondary N) is 1. The third-order valence-electron chi connectivity index (χ3n) is 11.7. The second kappa shape index (κ2) is 11.8. The average Bonchev–Trinajstić information content (AvgIpc) is 3.19. The average molecular weight is 514 g/mol. The lowest BCUT2D eigenvalue weighted by Gasteiger charge is -2.58. The van der Waals surface area contributed by atoms with Crippen LogP contribution in [0.15, 0.2) is 11.6 Å². The Labute approximate surface area is 226 Å². The minimum Gasteiger partial charge on any atom is -0.481 e. The zero-order valence-electron chi connectivity index (χ0n) is 24.5. The Hall–Kier alpha value is -1.32. The molecule has 1 unspecified atom stereocenters. The monoisotopic (exact) mass is 513 g/mol. The van der Waals surface area contributed by atoms with Crippen LogP contribution >= 0.6 is 0 Å². The first kappa shape index (κ1) is 28.7. The van der Waals surface area contributed by atoms with Crippen molar-refractivity contribution in [3.8, 4) is 0 Å². The van der Waals surface area contributed by atoms with Crippen LogP contribution in [0.1, 0.15) is 131 Å². The largest absolute Gasteiger partial charge is 0.481 e. The van der Waals surface area contributed by atoms with Gasteiger partial charge < -0.3 is 10.4 Å². The summed E-state index contributed by atoms with van der Waals surface area (Å²) in [6, 6.07) is 0.249. The van der Waals surface area contributed by atoms with Gasteiger partial charge in [-0.2, -0.15) is 0 Å². The van der Waals surface area contributed by atoms with Crippen LogP contribution < -0.4 is 5.32 Å². The van der Waals surface area contributed by atoms with E-state index >= 15 is 0 Å². The van der Waals surface area contributed by atoms with E-state index in [0.717, 1.165) is 48.3 Å². The lowest BCUT2D eigenvalue weighted by Crippen LogP contribution is -2.52. The number of amides is 1. The summed E-state index contributed by atoms with van der Waals surface area (Å²) < 4.78 is 0. The van der Waals surface area contributed by atoms with Crippen molar-refractivity contribution in [2.24, 2.45) is 46.3 Å². The van der Waals surface area contributed by atoms with Crippen LogP contribution in [0, 0.1) is 46.3 Å². The van der Waals surface area contributed by atoms with Crippen molar-refractivity contribution < 1.29 is 14.7 Å². The summed E-state index contributed by atoms with van der Waals surface area (Å²) in [4.78, 5) is 23.2. The highest BCUT2D eigenvalue weighted by Crippen LogP contribution is 2.67. The number of hydrogen-bond donors (Lipinski definition) is 2. The van der Waals surface area contributed by atoms with Crippen molar-refractivity contribution in [1.29, 1.82) is 0 Å². The van der Waals surface area contributed by atoms with Crippen LogP contribution in [0.2, 0.25) is 0 Å². The molecule has 3 saturated carbocycles. The molecular formula is C33H55NO3. The Balaban J connectivity index is 1.35. The molecule has 0 aromatic heterocycles. The van der Waals surface area contributed by atoms with Crippen LogP contribution in [-0.4, -0.2) is 23.0 Å². The first-order valence-electron chi connectivity index (χ1n) is 15.7. The molecule has 4 aliphatic rings. The number of aliphatic carboxylic acids is 1. The highest BCUT2D eigenvalue weighted by Gasteiger charge is 2.59. The highest BCUT2D eigenvalue weighted by molar-refractivity contribution is 5.76. The molecule has 2 N–H and O–H groups in total. The number of carbonyl (C=O) groups is 2. The number of allylic oxidation sites excluding steroid dienone is 1. The van der Waals surface area contributed by atoms with E-state index in [0.29, 0.717) is 30.1 Å². The van der Waals surface area contributed by atoms with Gasteiger partial charge in [0.2, 0.25) is 5.91 Å². The predicted molar refractivity (Wildman–Crippen MR) is 151 cm³/mol. The minimum atomic E-state index is -0.776. The summed E-state index contributed by atoms with van der Waals surface area (Å²) in [5.74, 6) is 4.47. The molecule has 0 saturated heterocycles. The van der Waals surface area contributed by atoms with E-state index in [1.165, 1.54) is 57.8 Å². The first-order valence-corrected chi connectivity index (χ1v) is 15.7. The Morgan fingerprint density at radius 2 is 1.73 bits per heavy atom. The van der Waals surface area contributed by atoms with E-state index in [9.17, 15) is 9.59 Å². The number of carboxylic acids is 1. The highest BCUT2D eigenvalue weighted by atomic mass is 16.4. The molecule has 0 heterocycles. The number of hydrogen-bond acceptors (Lipinski definition) is 2. The molecule has 37 heavy (non-hydrogen) atoms. The molecule has 0 aromatic rings. The van der Waals surface area contributed by atoms with Gasteiger partial charge in [-0.15, -0.1) is 0 Å². The van der Waals surface area contributed by atoms with Crippen LogP contribution in [0.5, 0.6) is 0 Å². The second-order valence-corrected chi connectivity index (χ2v) is 14.4. The van der Waals surface area contributed by atoms with Gasteiger partial charge >= 0.3 is 5.97 Å². The van der Waals surface area contributed by atoms with Gasteiger partial charge in [-0.25, -0.2) is 0 Å². The fraction of sp³-hybridized carbons (Fsp3) is 0.879. The Kier molecular flexibility index (Phi) is 9.17. The molecule has 8 atom stereocenters. The second-order valence-electron chi connectivity index (χ2n) is 14.4. The molecule has 0 bridgehead atoms. The molecule has 4 heteroatoms. The molecule has 4 aliphatic carbocycles. The Bertz CT molecular complexity index is 849. The summed E-state index contributed by atoms with van der Waals surface area (Å²) >= 11 is 0. The smallest absolute Gasteiger partial charge is 0.303 e. The van der Waals surface area contributed by atoms with Crippen LogP contribution in [-0.2, 0) is 9.59 Å². The standard InChI is InChI=1S/C33H55NO3/c1-22(2)9-8-10-23(3)27-15-16-28-26-14-13-24-21-25(34-30(35)11-6-7-12-31(36)37)17-19-32(24,4)29(26)18-20-33(27,28)5/h13,22-23,25-29H,6-12,14-21H2,1-5H3,(H,34,35)(H,36,37)/t23-,25+,26+,27?,28+,29+,32+,33-/m1/s1. The fourth-order valence-corrected chi connectivity index (χ4v) is 9.67. The summed E-state index contributed by atoms with van der Waals surface area (Å²) in [7, 11) is 0. The SMILES string of the molecule is CC(C)CCC[C@@H](C)C1CC[C@H]2[C@@H]3CC=C4C[C@@H](NC(=O)CCCCC(=O)O)CC[C@]4(C)[C@H]3CC[C@]12C. The molecule has 4 nitrogen and oxygen atoms in total. The maximum Gasteiger partial charge on any atom is 0.303 e. The zero-order valence-corrected chi connectivity index (χ0v) is 24.5. The van der Waals surface area contributed by atoms with Crippen molar-refractivity contribution in [1.82, 2.24) is 5.32 Å². The van der Waals surface area contributed by atoms with Crippen molar-refractivity contribution in [3.05, 3.63) is 11.6 Å². The summed E-state index contributed by atoms with van der Waals surface area (Å²) in [5, 5.41) is 12.1. The maximum atomic E-state index is 12.5. The Morgan fingerprint density at radius 3 is 2.46 bits per heavy atom. The number of unbranched alkanes of at least 4 members (excludes halogenated alkanes) is 1. The molecule has 0 radical (unpaired) electrons. The van der Waals surface area contributed by atoms with E-state index in [-0.39, 0.29) is 18.4 Å². The lowest BCUT2D eigenvalue weighted by atomic mass is 9.47. The number of carboxylic acid groups (broad SMARTS) is 1. The van der Waals surface area contributed by atoms with Gasteiger partial charge in [0.25, 0.3) is 0 Å². The normalized spacial score (nSPS) is 37.8. The molecular weight excluding hydrogens is 458 g/mol. The number of fused-ring (bicyclic) bond motifs is 5. The predicted octanol–water partition coefficient (Wildman–Crippen LogP) is 8.16. The zero-order chi connectivity index (χ0) is 26.8. The quantitative estimate of drug-likeness (QED) is 0.216. The molecule has 1 amide bonds. The van der Waals surface area contributed by atoms with Crippen LogP contribution in [0.4, 0.5) is 0 Å². The van der Waals surface area contributed by atoms with Gasteiger partial charge in [-0.3, -0.25) is 9.59 Å².